The fraction of sp³-hybridized carbons (Fsp3) is 0.550. The van der Waals surface area contributed by atoms with Crippen molar-refractivity contribution in [3.8, 4) is 0 Å². The van der Waals surface area contributed by atoms with Gasteiger partial charge in [-0.2, -0.15) is 5.10 Å². The van der Waals surface area contributed by atoms with E-state index in [0.717, 1.165) is 11.8 Å². The molecule has 3 atom stereocenters. The van der Waals surface area contributed by atoms with Gasteiger partial charge in [0.2, 0.25) is 5.91 Å². The fourth-order valence-electron chi connectivity index (χ4n) is 5.13. The molecule has 2 bridgehead atoms. The van der Waals surface area contributed by atoms with Gasteiger partial charge in [-0.05, 0) is 42.1 Å². The van der Waals surface area contributed by atoms with Gasteiger partial charge in [-0.1, -0.05) is 39.0 Å². The molecule has 2 N–H and O–H groups in total. The molecule has 132 valence electrons. The Hall–Kier alpha value is -2.17. The Labute approximate surface area is 147 Å². The van der Waals surface area contributed by atoms with Crippen LogP contribution < -0.4 is 10.9 Å². The van der Waals surface area contributed by atoms with Crippen molar-refractivity contribution in [3.63, 3.8) is 0 Å². The molecule has 1 heterocycles. The molecule has 2 aromatic rings. The van der Waals surface area contributed by atoms with Crippen molar-refractivity contribution < 1.29 is 4.79 Å². The van der Waals surface area contributed by atoms with Crippen molar-refractivity contribution in [1.82, 2.24) is 15.5 Å². The van der Waals surface area contributed by atoms with E-state index in [2.05, 4.69) is 36.3 Å². The van der Waals surface area contributed by atoms with E-state index in [1.807, 2.05) is 18.2 Å². The van der Waals surface area contributed by atoms with Gasteiger partial charge in [-0.15, -0.1) is 0 Å². The number of hydrogen-bond donors (Lipinski definition) is 2. The summed E-state index contributed by atoms with van der Waals surface area (Å²) >= 11 is 0. The number of rotatable bonds is 3. The van der Waals surface area contributed by atoms with Gasteiger partial charge in [-0.3, -0.25) is 9.59 Å². The molecular weight excluding hydrogens is 314 g/mol. The Morgan fingerprint density at radius 1 is 1.28 bits per heavy atom. The average Bonchev–Trinajstić information content (AvgIpc) is 2.91. The maximum Gasteiger partial charge on any atom is 0.272 e. The monoisotopic (exact) mass is 339 g/mol. The lowest BCUT2D eigenvalue weighted by molar-refractivity contribution is -0.122. The first-order valence-electron chi connectivity index (χ1n) is 9.08. The van der Waals surface area contributed by atoms with Crippen LogP contribution in [0.3, 0.4) is 0 Å². The van der Waals surface area contributed by atoms with Crippen molar-refractivity contribution in [2.45, 2.75) is 52.5 Å². The predicted molar refractivity (Wildman–Crippen MR) is 97.2 cm³/mol. The van der Waals surface area contributed by atoms with E-state index in [-0.39, 0.29) is 34.8 Å². The first-order valence-corrected chi connectivity index (χ1v) is 9.08. The molecule has 2 aliphatic rings. The summed E-state index contributed by atoms with van der Waals surface area (Å²) in [7, 11) is 0. The molecule has 1 aromatic heterocycles. The first-order chi connectivity index (χ1) is 11.8. The van der Waals surface area contributed by atoms with Crippen LogP contribution in [0.25, 0.3) is 10.8 Å². The largest absolute Gasteiger partial charge is 0.352 e. The number of hydrogen-bond acceptors (Lipinski definition) is 3. The zero-order valence-corrected chi connectivity index (χ0v) is 15.1. The number of carbonyl (C=O) groups is 1. The minimum absolute atomic E-state index is 0.0146. The number of carbonyl (C=O) groups excluding carboxylic acids is 1. The average molecular weight is 339 g/mol. The first kappa shape index (κ1) is 16.3. The molecule has 2 aliphatic carbocycles. The minimum atomic E-state index is -0.220. The van der Waals surface area contributed by atoms with Crippen LogP contribution in [-0.2, 0) is 11.2 Å². The van der Waals surface area contributed by atoms with E-state index in [9.17, 15) is 9.59 Å². The third-order valence-electron chi connectivity index (χ3n) is 7.23. The van der Waals surface area contributed by atoms with Crippen LogP contribution in [0, 0.1) is 16.7 Å². The molecule has 0 radical (unpaired) electrons. The summed E-state index contributed by atoms with van der Waals surface area (Å²) in [5.74, 6) is 0.675. The number of aromatic nitrogens is 2. The summed E-state index contributed by atoms with van der Waals surface area (Å²) in [4.78, 5) is 24.6. The minimum Gasteiger partial charge on any atom is -0.352 e. The summed E-state index contributed by atoms with van der Waals surface area (Å²) in [6.45, 7) is 7.00. The molecule has 5 nitrogen and oxygen atoms in total. The lowest BCUT2D eigenvalue weighted by atomic mass is 9.69. The zero-order valence-electron chi connectivity index (χ0n) is 15.1. The third kappa shape index (κ3) is 2.32. The van der Waals surface area contributed by atoms with Gasteiger partial charge in [0.05, 0.1) is 17.5 Å². The molecular formula is C20H25N3O2. The molecule has 25 heavy (non-hydrogen) atoms. The normalized spacial score (nSPS) is 29.9. The highest BCUT2D eigenvalue weighted by Crippen LogP contribution is 2.65. The molecule has 0 saturated heterocycles. The Kier molecular flexibility index (Phi) is 3.53. The number of aromatic amines is 1. The predicted octanol–water partition coefficient (Wildman–Crippen LogP) is 2.80. The molecule has 0 aliphatic heterocycles. The van der Waals surface area contributed by atoms with Gasteiger partial charge in [0.25, 0.3) is 5.56 Å². The number of H-pyrrole nitrogens is 1. The van der Waals surface area contributed by atoms with Crippen LogP contribution >= 0.6 is 0 Å². The van der Waals surface area contributed by atoms with Crippen LogP contribution in [0.2, 0.25) is 0 Å². The number of fused-ring (bicyclic) bond motifs is 3. The summed E-state index contributed by atoms with van der Waals surface area (Å²) < 4.78 is 0. The highest BCUT2D eigenvalue weighted by Gasteiger charge is 2.61. The lowest BCUT2D eigenvalue weighted by Crippen LogP contribution is -2.47. The van der Waals surface area contributed by atoms with Crippen LogP contribution in [0.5, 0.6) is 0 Å². The van der Waals surface area contributed by atoms with Gasteiger partial charge in [0.1, 0.15) is 0 Å². The summed E-state index contributed by atoms with van der Waals surface area (Å²) in [5, 5.41) is 11.2. The van der Waals surface area contributed by atoms with E-state index < -0.39 is 0 Å². The van der Waals surface area contributed by atoms with Crippen molar-refractivity contribution in [2.24, 2.45) is 16.7 Å². The standard InChI is InChI=1S/C20H25N3O2/c1-19(2)12-8-9-20(19,3)16(10-12)21-17(24)11-15-13-6-4-5-7-14(13)18(25)23-22-15/h4-7,12,16H,8-11H2,1-3H3,(H,21,24)(H,23,25)/t12-,16-,20-/m0/s1. The van der Waals surface area contributed by atoms with E-state index in [0.29, 0.717) is 17.0 Å². The quantitative estimate of drug-likeness (QED) is 0.903. The summed E-state index contributed by atoms with van der Waals surface area (Å²) in [6.07, 6.45) is 3.70. The second-order valence-corrected chi connectivity index (χ2v) is 8.45. The summed E-state index contributed by atoms with van der Waals surface area (Å²) in [5.41, 5.74) is 0.837. The van der Waals surface area contributed by atoms with E-state index in [4.69, 9.17) is 0 Å². The van der Waals surface area contributed by atoms with Gasteiger partial charge >= 0.3 is 0 Å². The molecule has 5 heteroatoms. The third-order valence-corrected chi connectivity index (χ3v) is 7.23. The van der Waals surface area contributed by atoms with Crippen LogP contribution in [0.1, 0.15) is 45.7 Å². The number of nitrogens with one attached hydrogen (secondary N) is 2. The molecule has 0 spiro atoms. The van der Waals surface area contributed by atoms with E-state index >= 15 is 0 Å². The SMILES string of the molecule is CC1(C)[C@H]2CC[C@@]1(C)[C@@H](NC(=O)Cc1n[nH]c(=O)c3ccccc13)C2. The molecule has 0 unspecified atom stereocenters. The van der Waals surface area contributed by atoms with Gasteiger partial charge in [0, 0.05) is 11.4 Å². The van der Waals surface area contributed by atoms with Crippen LogP contribution in [0.15, 0.2) is 29.1 Å². The maximum absolute atomic E-state index is 12.7. The smallest absolute Gasteiger partial charge is 0.272 e. The van der Waals surface area contributed by atoms with E-state index in [1.54, 1.807) is 6.07 Å². The molecule has 1 aromatic carbocycles. The maximum atomic E-state index is 12.7. The van der Waals surface area contributed by atoms with Gasteiger partial charge < -0.3 is 5.32 Å². The molecule has 1 amide bonds. The Morgan fingerprint density at radius 2 is 2.00 bits per heavy atom. The Bertz CT molecular complexity index is 901. The highest BCUT2D eigenvalue weighted by atomic mass is 16.1. The van der Waals surface area contributed by atoms with Crippen molar-refractivity contribution in [2.75, 3.05) is 0 Å². The van der Waals surface area contributed by atoms with Crippen molar-refractivity contribution >= 4 is 16.7 Å². The number of benzene rings is 1. The second kappa shape index (κ2) is 5.41. The van der Waals surface area contributed by atoms with Crippen LogP contribution in [-0.4, -0.2) is 22.1 Å². The lowest BCUT2D eigenvalue weighted by Gasteiger charge is -2.39. The molecule has 4 rings (SSSR count). The van der Waals surface area contributed by atoms with Crippen molar-refractivity contribution in [3.05, 3.63) is 40.3 Å². The Morgan fingerprint density at radius 3 is 2.64 bits per heavy atom. The fourth-order valence-corrected chi connectivity index (χ4v) is 5.13. The number of amides is 1. The number of nitrogens with zero attached hydrogens (tertiary/aromatic N) is 1. The topological polar surface area (TPSA) is 74.8 Å². The highest BCUT2D eigenvalue weighted by molar-refractivity contribution is 5.88. The molecule has 2 saturated carbocycles. The van der Waals surface area contributed by atoms with E-state index in [1.165, 1.54) is 12.8 Å². The second-order valence-electron chi connectivity index (χ2n) is 8.45. The summed E-state index contributed by atoms with van der Waals surface area (Å²) in [6, 6.07) is 7.52. The Balaban J connectivity index is 1.55. The van der Waals surface area contributed by atoms with Gasteiger partial charge in [0.15, 0.2) is 0 Å². The zero-order chi connectivity index (χ0) is 17.8. The van der Waals surface area contributed by atoms with Gasteiger partial charge in [-0.25, -0.2) is 5.10 Å². The molecule has 2 fully saturated rings. The van der Waals surface area contributed by atoms with Crippen LogP contribution in [0.4, 0.5) is 0 Å². The van der Waals surface area contributed by atoms with Crippen molar-refractivity contribution in [1.29, 1.82) is 0 Å².